The van der Waals surface area contributed by atoms with Crippen molar-refractivity contribution in [3.05, 3.63) is 45.0 Å². The molecule has 1 heterocycles. The Kier molecular flexibility index (Phi) is 3.79. The summed E-state index contributed by atoms with van der Waals surface area (Å²) in [6, 6.07) is 7.08. The van der Waals surface area contributed by atoms with Gasteiger partial charge in [-0.3, -0.25) is 14.4 Å². The smallest absolute Gasteiger partial charge is 0.316 e. The second-order valence-electron chi connectivity index (χ2n) is 4.12. The molecule has 0 radical (unpaired) electrons. The van der Waals surface area contributed by atoms with E-state index in [2.05, 4.69) is 4.98 Å². The molecule has 100 valence electrons. The van der Waals surface area contributed by atoms with Gasteiger partial charge >= 0.3 is 17.1 Å². The fourth-order valence-electron chi connectivity index (χ4n) is 1.88. The number of benzene rings is 1. The van der Waals surface area contributed by atoms with Crippen LogP contribution < -0.4 is 11.1 Å². The maximum Gasteiger partial charge on any atom is 0.316 e. The molecule has 2 aromatic rings. The molecule has 0 aliphatic carbocycles. The summed E-state index contributed by atoms with van der Waals surface area (Å²) in [5.41, 5.74) is 0.0298. The number of carbonyl (C=O) groups is 1. The number of nitrogens with zero attached hydrogens (tertiary/aromatic N) is 1. The number of rotatable bonds is 4. The van der Waals surface area contributed by atoms with E-state index in [1.54, 1.807) is 24.3 Å². The molecule has 0 aliphatic heterocycles. The van der Waals surface area contributed by atoms with Crippen LogP contribution >= 0.6 is 0 Å². The van der Waals surface area contributed by atoms with Crippen LogP contribution in [0.25, 0.3) is 11.0 Å². The second kappa shape index (κ2) is 5.51. The van der Waals surface area contributed by atoms with Crippen LogP contribution in [0.3, 0.4) is 0 Å². The Morgan fingerprint density at radius 1 is 1.32 bits per heavy atom. The van der Waals surface area contributed by atoms with E-state index in [-0.39, 0.29) is 12.6 Å². The molecule has 0 aliphatic rings. The van der Waals surface area contributed by atoms with Crippen LogP contribution in [0, 0.1) is 0 Å². The largest absolute Gasteiger partial charge is 0.466 e. The van der Waals surface area contributed by atoms with Crippen molar-refractivity contribution in [1.82, 2.24) is 9.55 Å². The summed E-state index contributed by atoms with van der Waals surface area (Å²) in [6.07, 6.45) is 0.479. The number of fused-ring (bicyclic) bond motifs is 1. The Morgan fingerprint density at radius 2 is 2.05 bits per heavy atom. The molecule has 1 aromatic heterocycles. The number of carbonyl (C=O) groups excluding carboxylic acids is 1. The zero-order valence-corrected chi connectivity index (χ0v) is 10.5. The normalized spacial score (nSPS) is 10.6. The highest BCUT2D eigenvalue weighted by Crippen LogP contribution is 2.07. The van der Waals surface area contributed by atoms with E-state index < -0.39 is 11.1 Å². The Morgan fingerprint density at radius 3 is 2.79 bits per heavy atom. The second-order valence-corrected chi connectivity index (χ2v) is 4.12. The Hall–Kier alpha value is -2.37. The van der Waals surface area contributed by atoms with Crippen LogP contribution in [-0.2, 0) is 16.1 Å². The van der Waals surface area contributed by atoms with Crippen LogP contribution in [0.1, 0.15) is 13.3 Å². The molecule has 1 aromatic carbocycles. The molecule has 0 unspecified atom stereocenters. The van der Waals surface area contributed by atoms with Gasteiger partial charge in [-0.25, -0.2) is 0 Å². The highest BCUT2D eigenvalue weighted by Gasteiger charge is 2.06. The SMILES string of the molecule is CC(=O)OCCCn1c(=O)c(=O)[nH]c2ccccc21. The fourth-order valence-corrected chi connectivity index (χ4v) is 1.88. The van der Waals surface area contributed by atoms with Crippen LogP contribution in [0.4, 0.5) is 0 Å². The minimum atomic E-state index is -0.647. The molecule has 19 heavy (non-hydrogen) atoms. The Balaban J connectivity index is 2.31. The quantitative estimate of drug-likeness (QED) is 0.498. The van der Waals surface area contributed by atoms with Gasteiger partial charge < -0.3 is 14.3 Å². The number of nitrogens with one attached hydrogen (secondary N) is 1. The molecular weight excluding hydrogens is 248 g/mol. The summed E-state index contributed by atoms with van der Waals surface area (Å²) in [4.78, 5) is 36.5. The van der Waals surface area contributed by atoms with Crippen molar-refractivity contribution in [2.45, 2.75) is 19.9 Å². The van der Waals surface area contributed by atoms with Gasteiger partial charge in [0, 0.05) is 13.5 Å². The number of H-pyrrole nitrogens is 1. The Labute approximate surface area is 108 Å². The summed E-state index contributed by atoms with van der Waals surface area (Å²) >= 11 is 0. The first-order chi connectivity index (χ1) is 9.09. The van der Waals surface area contributed by atoms with Crippen molar-refractivity contribution < 1.29 is 9.53 Å². The first kappa shape index (κ1) is 13.1. The van der Waals surface area contributed by atoms with Crippen LogP contribution in [0.15, 0.2) is 33.9 Å². The third-order valence-corrected chi connectivity index (χ3v) is 2.71. The van der Waals surface area contributed by atoms with Gasteiger partial charge in [0.25, 0.3) is 0 Å². The van der Waals surface area contributed by atoms with Gasteiger partial charge in [0.2, 0.25) is 0 Å². The van der Waals surface area contributed by atoms with E-state index in [0.717, 1.165) is 0 Å². The number of esters is 1. The third kappa shape index (κ3) is 2.90. The van der Waals surface area contributed by atoms with Gasteiger partial charge in [0.15, 0.2) is 0 Å². The summed E-state index contributed by atoms with van der Waals surface area (Å²) in [5, 5.41) is 0. The first-order valence-electron chi connectivity index (χ1n) is 5.95. The number of hydrogen-bond donors (Lipinski definition) is 1. The van der Waals surface area contributed by atoms with E-state index in [9.17, 15) is 14.4 Å². The molecule has 1 N–H and O–H groups in total. The minimum Gasteiger partial charge on any atom is -0.466 e. The zero-order chi connectivity index (χ0) is 13.8. The number of ether oxygens (including phenoxy) is 1. The number of aryl methyl sites for hydroxylation is 1. The molecule has 0 saturated carbocycles. The molecule has 0 bridgehead atoms. The summed E-state index contributed by atoms with van der Waals surface area (Å²) in [6.45, 7) is 1.88. The van der Waals surface area contributed by atoms with Crippen molar-refractivity contribution in [1.29, 1.82) is 0 Å². The van der Waals surface area contributed by atoms with Crippen molar-refractivity contribution in [2.24, 2.45) is 0 Å². The minimum absolute atomic E-state index is 0.225. The van der Waals surface area contributed by atoms with Crippen molar-refractivity contribution >= 4 is 17.0 Å². The van der Waals surface area contributed by atoms with E-state index in [4.69, 9.17) is 4.74 Å². The molecular formula is C13H14N2O4. The molecule has 0 fully saturated rings. The van der Waals surface area contributed by atoms with Crippen molar-refractivity contribution in [3.8, 4) is 0 Å². The van der Waals surface area contributed by atoms with Crippen LogP contribution in [0.2, 0.25) is 0 Å². The number of para-hydroxylation sites is 2. The van der Waals surface area contributed by atoms with Gasteiger partial charge in [-0.1, -0.05) is 12.1 Å². The van der Waals surface area contributed by atoms with E-state index in [1.807, 2.05) is 0 Å². The highest BCUT2D eigenvalue weighted by molar-refractivity contribution is 5.74. The molecule has 0 atom stereocenters. The number of aromatic nitrogens is 2. The summed E-state index contributed by atoms with van der Waals surface area (Å²) in [7, 11) is 0. The van der Waals surface area contributed by atoms with Crippen molar-refractivity contribution in [2.75, 3.05) is 6.61 Å². The Bertz CT molecular complexity index is 714. The molecule has 0 amide bonds. The lowest BCUT2D eigenvalue weighted by Crippen LogP contribution is -2.36. The maximum absolute atomic E-state index is 11.8. The standard InChI is InChI=1S/C13H14N2O4/c1-9(16)19-8-4-7-15-11-6-3-2-5-10(11)14-12(17)13(15)18/h2-3,5-6H,4,7-8H2,1H3,(H,14,17). The average molecular weight is 262 g/mol. The van der Waals surface area contributed by atoms with E-state index in [0.29, 0.717) is 24.0 Å². The van der Waals surface area contributed by atoms with Gasteiger partial charge in [-0.15, -0.1) is 0 Å². The van der Waals surface area contributed by atoms with Crippen molar-refractivity contribution in [3.63, 3.8) is 0 Å². The fraction of sp³-hybridized carbons (Fsp3) is 0.308. The van der Waals surface area contributed by atoms with E-state index >= 15 is 0 Å². The lowest BCUT2D eigenvalue weighted by atomic mass is 10.3. The maximum atomic E-state index is 11.8. The van der Waals surface area contributed by atoms with Gasteiger partial charge in [0.05, 0.1) is 17.6 Å². The van der Waals surface area contributed by atoms with Gasteiger partial charge in [-0.2, -0.15) is 0 Å². The molecule has 0 saturated heterocycles. The topological polar surface area (TPSA) is 81.2 Å². The number of aromatic amines is 1. The molecule has 2 rings (SSSR count). The lowest BCUT2D eigenvalue weighted by Gasteiger charge is -2.09. The summed E-state index contributed by atoms with van der Waals surface area (Å²) < 4.78 is 6.21. The predicted molar refractivity (Wildman–Crippen MR) is 70.1 cm³/mol. The summed E-state index contributed by atoms with van der Waals surface area (Å²) in [5.74, 6) is -0.358. The molecule has 6 heteroatoms. The number of hydrogen-bond acceptors (Lipinski definition) is 4. The van der Waals surface area contributed by atoms with Gasteiger partial charge in [-0.05, 0) is 18.6 Å². The monoisotopic (exact) mass is 262 g/mol. The lowest BCUT2D eigenvalue weighted by molar-refractivity contribution is -0.141. The average Bonchev–Trinajstić information content (AvgIpc) is 2.38. The molecule has 6 nitrogen and oxygen atoms in total. The van der Waals surface area contributed by atoms with Crippen LogP contribution in [0.5, 0.6) is 0 Å². The van der Waals surface area contributed by atoms with E-state index in [1.165, 1.54) is 11.5 Å². The highest BCUT2D eigenvalue weighted by atomic mass is 16.5. The molecule has 0 spiro atoms. The van der Waals surface area contributed by atoms with Crippen LogP contribution in [-0.4, -0.2) is 22.1 Å². The first-order valence-corrected chi connectivity index (χ1v) is 5.95. The predicted octanol–water partition coefficient (Wildman–Crippen LogP) is 0.643. The zero-order valence-electron chi connectivity index (χ0n) is 10.5. The third-order valence-electron chi connectivity index (χ3n) is 2.71. The van der Waals surface area contributed by atoms with Gasteiger partial charge in [0.1, 0.15) is 0 Å².